The molecule has 322 valence electrons. The summed E-state index contributed by atoms with van der Waals surface area (Å²) in [4.78, 5) is 82.9. The number of carbonyl (C=O) groups excluding carboxylic acids is 6. The van der Waals surface area contributed by atoms with E-state index in [2.05, 4.69) is 5.32 Å². The number of Topliss-reactive ketones (excluding diaryl/α,β-unsaturated/α-hetero) is 1. The summed E-state index contributed by atoms with van der Waals surface area (Å²) >= 11 is 0. The summed E-state index contributed by atoms with van der Waals surface area (Å²) in [6.45, 7) is 8.16. The predicted molar refractivity (Wildman–Crippen MR) is 213 cm³/mol. The highest BCUT2D eigenvalue weighted by Gasteiger charge is 2.82. The molecule has 4 aliphatic rings. The zero-order valence-corrected chi connectivity index (χ0v) is 34.5. The van der Waals surface area contributed by atoms with Gasteiger partial charge >= 0.3 is 23.9 Å². The standard InChI is InChI=1S/C46H49NO14/c1-24-30(58-42(55)35(51)34(27-16-10-7-11-17-27)47-40(53)28-18-12-8-13-19-28)23-45(56)39(59-41(54)29-20-14-9-15-21-29)37-44(6,31(50)22-32-46(37,61-32)60-26(3)49)38(52)36(57-25(2)48)33(24)43(45,4)5/h7-21,30-32,34-37,39,50-51,56H,22-23H2,1-6H3,(H,47,53)/t30-,31-,32+,34-,35+,36+,37-,39-,44+,45+,46+/m0/s1. The van der Waals surface area contributed by atoms with Gasteiger partial charge in [-0.2, -0.15) is 0 Å². The predicted octanol–water partition coefficient (Wildman–Crippen LogP) is 3.69. The Morgan fingerprint density at radius 1 is 0.820 bits per heavy atom. The SMILES string of the molecule is CC(=O)O[C@H]1C(=O)[C@@]2(C)[C@H]([C@H](OC(=O)c3ccccc3)[C@]3(O)C[C@H](OC(=O)[C@H](O)[C@@H](NC(=O)c4ccccc4)c4ccccc4)C(C)=C1C3(C)C)[C@]1(OC(C)=O)O[C@@H]1C[C@@H]2O. The number of esters is 4. The van der Waals surface area contributed by atoms with Crippen molar-refractivity contribution in [3.63, 3.8) is 0 Å². The first-order valence-corrected chi connectivity index (χ1v) is 20.0. The maximum Gasteiger partial charge on any atom is 0.338 e. The number of hydrogen-bond acceptors (Lipinski definition) is 14. The highest BCUT2D eigenvalue weighted by Crippen LogP contribution is 2.67. The molecule has 1 heterocycles. The molecule has 1 aliphatic heterocycles. The van der Waals surface area contributed by atoms with Crippen LogP contribution in [0.25, 0.3) is 0 Å². The normalized spacial score (nSPS) is 32.0. The van der Waals surface area contributed by atoms with E-state index in [1.165, 1.54) is 26.0 Å². The first-order valence-electron chi connectivity index (χ1n) is 20.0. The van der Waals surface area contributed by atoms with Gasteiger partial charge in [-0.25, -0.2) is 9.59 Å². The average Bonchev–Trinajstić information content (AvgIpc) is 3.92. The zero-order valence-electron chi connectivity index (χ0n) is 34.5. The van der Waals surface area contributed by atoms with Crippen LogP contribution in [0.5, 0.6) is 0 Å². The summed E-state index contributed by atoms with van der Waals surface area (Å²) < 4.78 is 30.1. The molecule has 0 unspecified atom stereocenters. The Morgan fingerprint density at radius 2 is 1.39 bits per heavy atom. The molecular formula is C46H49NO14. The lowest BCUT2D eigenvalue weighted by Crippen LogP contribution is -2.74. The third-order valence-electron chi connectivity index (χ3n) is 13.0. The van der Waals surface area contributed by atoms with Gasteiger partial charge in [-0.15, -0.1) is 0 Å². The minimum Gasteiger partial charge on any atom is -0.456 e. The van der Waals surface area contributed by atoms with E-state index in [1.54, 1.807) is 92.7 Å². The van der Waals surface area contributed by atoms with Gasteiger partial charge in [-0.05, 0) is 54.8 Å². The molecule has 3 aromatic rings. The molecule has 2 saturated carbocycles. The van der Waals surface area contributed by atoms with E-state index in [-0.39, 0.29) is 28.7 Å². The first kappa shape index (κ1) is 43.4. The highest BCUT2D eigenvalue weighted by molar-refractivity contribution is 5.96. The van der Waals surface area contributed by atoms with Gasteiger partial charge in [0, 0.05) is 37.7 Å². The van der Waals surface area contributed by atoms with E-state index >= 15 is 4.79 Å². The van der Waals surface area contributed by atoms with Crippen LogP contribution >= 0.6 is 0 Å². The van der Waals surface area contributed by atoms with Gasteiger partial charge in [0.25, 0.3) is 5.91 Å². The first-order chi connectivity index (χ1) is 28.8. The van der Waals surface area contributed by atoms with Crippen LogP contribution in [0.2, 0.25) is 0 Å². The average molecular weight is 840 g/mol. The lowest BCUT2D eigenvalue weighted by atomic mass is 9.48. The monoisotopic (exact) mass is 839 g/mol. The largest absolute Gasteiger partial charge is 0.456 e. The summed E-state index contributed by atoms with van der Waals surface area (Å²) in [5.74, 6) is -9.06. The fourth-order valence-corrected chi connectivity index (χ4v) is 9.75. The van der Waals surface area contributed by atoms with Crippen molar-refractivity contribution in [3.8, 4) is 0 Å². The van der Waals surface area contributed by atoms with Crippen molar-refractivity contribution in [3.05, 3.63) is 119 Å². The molecule has 61 heavy (non-hydrogen) atoms. The lowest BCUT2D eigenvalue weighted by molar-refractivity contribution is -0.252. The van der Waals surface area contributed by atoms with Crippen LogP contribution in [0, 0.1) is 16.7 Å². The number of rotatable bonds is 10. The van der Waals surface area contributed by atoms with Gasteiger partial charge in [-0.1, -0.05) is 80.6 Å². The number of amides is 1. The number of epoxide rings is 1. The molecule has 0 aromatic heterocycles. The van der Waals surface area contributed by atoms with Gasteiger partial charge in [0.2, 0.25) is 5.79 Å². The molecule has 11 atom stereocenters. The van der Waals surface area contributed by atoms with Crippen LogP contribution in [-0.4, -0.2) is 98.9 Å². The Balaban J connectivity index is 1.37. The second kappa shape index (κ2) is 15.9. The number of nitrogens with one attached hydrogen (secondary N) is 1. The van der Waals surface area contributed by atoms with Crippen LogP contribution in [0.15, 0.2) is 102 Å². The molecular weight excluding hydrogens is 790 g/mol. The Labute approximate surface area is 352 Å². The van der Waals surface area contributed by atoms with Crippen LogP contribution in [0.1, 0.15) is 86.7 Å². The molecule has 7 rings (SSSR count). The molecule has 1 saturated heterocycles. The quantitative estimate of drug-likeness (QED) is 0.0990. The number of ether oxygens (including phenoxy) is 5. The van der Waals surface area contributed by atoms with Crippen LogP contribution < -0.4 is 5.32 Å². The van der Waals surface area contributed by atoms with Crippen molar-refractivity contribution in [2.75, 3.05) is 0 Å². The number of fused-ring (bicyclic) bond motifs is 5. The van der Waals surface area contributed by atoms with Gasteiger partial charge in [0.1, 0.15) is 23.9 Å². The lowest BCUT2D eigenvalue weighted by Gasteiger charge is -2.60. The third-order valence-corrected chi connectivity index (χ3v) is 13.0. The Kier molecular flexibility index (Phi) is 11.3. The van der Waals surface area contributed by atoms with Crippen molar-refractivity contribution < 1.29 is 67.8 Å². The van der Waals surface area contributed by atoms with E-state index in [9.17, 15) is 39.3 Å². The number of aliphatic hydroxyl groups is 3. The van der Waals surface area contributed by atoms with E-state index < -0.39 is 113 Å². The Hall–Kier alpha value is -5.74. The molecule has 2 bridgehead atoms. The van der Waals surface area contributed by atoms with E-state index in [1.807, 2.05) is 0 Å². The van der Waals surface area contributed by atoms with Gasteiger partial charge in [0.05, 0.1) is 29.0 Å². The van der Waals surface area contributed by atoms with Crippen molar-refractivity contribution >= 4 is 35.6 Å². The summed E-state index contributed by atoms with van der Waals surface area (Å²) in [5, 5.41) is 40.0. The van der Waals surface area contributed by atoms with E-state index in [0.717, 1.165) is 13.8 Å². The number of carbonyl (C=O) groups is 6. The Morgan fingerprint density at radius 3 is 1.97 bits per heavy atom. The summed E-state index contributed by atoms with van der Waals surface area (Å²) in [5.41, 5.74) is -5.36. The van der Waals surface area contributed by atoms with Gasteiger partial charge in [0.15, 0.2) is 18.0 Å². The van der Waals surface area contributed by atoms with Gasteiger partial charge < -0.3 is 44.3 Å². The molecule has 0 spiro atoms. The second-order valence-corrected chi connectivity index (χ2v) is 16.9. The van der Waals surface area contributed by atoms with Gasteiger partial charge in [-0.3, -0.25) is 19.2 Å². The maximum atomic E-state index is 15.4. The second-order valence-electron chi connectivity index (χ2n) is 16.9. The number of hydrogen-bond donors (Lipinski definition) is 4. The minimum atomic E-state index is -2.41. The summed E-state index contributed by atoms with van der Waals surface area (Å²) in [6.07, 6.45) is -10.6. The Bertz CT molecular complexity index is 2260. The van der Waals surface area contributed by atoms with Crippen molar-refractivity contribution in [2.45, 2.75) is 108 Å². The molecule has 15 nitrogen and oxygen atoms in total. The molecule has 0 radical (unpaired) electrons. The van der Waals surface area contributed by atoms with Crippen molar-refractivity contribution in [1.82, 2.24) is 5.32 Å². The number of benzene rings is 3. The maximum absolute atomic E-state index is 15.4. The molecule has 3 aliphatic carbocycles. The highest BCUT2D eigenvalue weighted by atomic mass is 16.8. The molecule has 3 fully saturated rings. The molecule has 15 heteroatoms. The fraction of sp³-hybridized carbons (Fsp3) is 0.435. The van der Waals surface area contributed by atoms with Crippen LogP contribution in [-0.2, 0) is 42.9 Å². The van der Waals surface area contributed by atoms with Crippen LogP contribution in [0.4, 0.5) is 0 Å². The number of aliphatic hydroxyl groups excluding tert-OH is 2. The zero-order chi connectivity index (χ0) is 44.2. The molecule has 4 N–H and O–H groups in total. The van der Waals surface area contributed by atoms with Crippen molar-refractivity contribution in [1.29, 1.82) is 0 Å². The third kappa shape index (κ3) is 7.32. The van der Waals surface area contributed by atoms with Crippen LogP contribution in [0.3, 0.4) is 0 Å². The molecule has 1 amide bonds. The number of ketones is 1. The van der Waals surface area contributed by atoms with Crippen molar-refractivity contribution in [2.24, 2.45) is 16.7 Å². The summed E-state index contributed by atoms with van der Waals surface area (Å²) in [6, 6.07) is 22.9. The van der Waals surface area contributed by atoms with E-state index in [0.29, 0.717) is 5.56 Å². The van der Waals surface area contributed by atoms with E-state index in [4.69, 9.17) is 23.7 Å². The fourth-order valence-electron chi connectivity index (χ4n) is 9.75. The topological polar surface area (TPSA) is 225 Å². The molecule has 3 aromatic carbocycles. The summed E-state index contributed by atoms with van der Waals surface area (Å²) in [7, 11) is 0. The minimum absolute atomic E-state index is 0.0151. The smallest absolute Gasteiger partial charge is 0.338 e.